The number of anilines is 1. The minimum absolute atomic E-state index is 0.967. The first-order chi connectivity index (χ1) is 8.22. The van der Waals surface area contributed by atoms with Crippen molar-refractivity contribution in [1.29, 1.82) is 0 Å². The Morgan fingerprint density at radius 1 is 1.18 bits per heavy atom. The molecule has 2 aromatic rings. The summed E-state index contributed by atoms with van der Waals surface area (Å²) >= 11 is 0. The van der Waals surface area contributed by atoms with Crippen molar-refractivity contribution >= 4 is 28.0 Å². The normalized spacial score (nSPS) is 13.8. The van der Waals surface area contributed by atoms with Crippen molar-refractivity contribution < 1.29 is 0 Å². The van der Waals surface area contributed by atoms with Gasteiger partial charge >= 0.3 is 0 Å². The Morgan fingerprint density at radius 3 is 2.76 bits per heavy atom. The monoisotopic (exact) mass is 222 g/mol. The van der Waals surface area contributed by atoms with Crippen LogP contribution in [0.4, 0.5) is 11.4 Å². The molecule has 0 N–H and O–H groups in total. The number of hydrogen-bond donors (Lipinski definition) is 0. The molecule has 0 bridgehead atoms. The van der Waals surface area contributed by atoms with Gasteiger partial charge in [-0.05, 0) is 30.9 Å². The number of hydrogen-bond acceptors (Lipinski definition) is 2. The van der Waals surface area contributed by atoms with E-state index < -0.39 is 0 Å². The average molecular weight is 222 g/mol. The Bertz CT molecular complexity index is 653. The average Bonchev–Trinajstić information content (AvgIpc) is 2.34. The van der Waals surface area contributed by atoms with Gasteiger partial charge in [-0.3, -0.25) is 0 Å². The van der Waals surface area contributed by atoms with E-state index in [2.05, 4.69) is 48.8 Å². The lowest BCUT2D eigenvalue weighted by Crippen LogP contribution is -2.24. The molecule has 0 spiro atoms. The molecule has 2 heteroatoms. The third kappa shape index (κ3) is 1.30. The standard InChI is InChI=1S/C15H14N2/c1-4-17-11(3)16-15-10(2)8-9-12-6-5-7-13(17)14(12)15/h4-9H,1H2,2-3H3. The molecule has 0 saturated heterocycles. The minimum Gasteiger partial charge on any atom is -0.305 e. The molecule has 0 aromatic heterocycles. The molecule has 17 heavy (non-hydrogen) atoms. The first-order valence-corrected chi connectivity index (χ1v) is 5.72. The van der Waals surface area contributed by atoms with Crippen LogP contribution in [0.3, 0.4) is 0 Å². The van der Waals surface area contributed by atoms with Crippen LogP contribution in [0.1, 0.15) is 12.5 Å². The van der Waals surface area contributed by atoms with Gasteiger partial charge in [0.05, 0.1) is 11.4 Å². The summed E-state index contributed by atoms with van der Waals surface area (Å²) in [7, 11) is 0. The zero-order valence-corrected chi connectivity index (χ0v) is 10.1. The lowest BCUT2D eigenvalue weighted by Gasteiger charge is -2.27. The highest BCUT2D eigenvalue weighted by atomic mass is 15.2. The maximum atomic E-state index is 4.69. The molecular weight excluding hydrogens is 208 g/mol. The lowest BCUT2D eigenvalue weighted by molar-refractivity contribution is 1.28. The van der Waals surface area contributed by atoms with Gasteiger partial charge in [-0.1, -0.05) is 30.8 Å². The largest absolute Gasteiger partial charge is 0.305 e. The van der Waals surface area contributed by atoms with Gasteiger partial charge in [-0.2, -0.15) is 0 Å². The fourth-order valence-corrected chi connectivity index (χ4v) is 2.41. The van der Waals surface area contributed by atoms with Crippen LogP contribution in [-0.4, -0.2) is 5.84 Å². The van der Waals surface area contributed by atoms with Crippen molar-refractivity contribution in [1.82, 2.24) is 0 Å². The summed E-state index contributed by atoms with van der Waals surface area (Å²) in [5, 5.41) is 2.45. The first-order valence-electron chi connectivity index (χ1n) is 5.72. The zero-order valence-electron chi connectivity index (χ0n) is 10.1. The SMILES string of the molecule is C=CN1C(C)=Nc2c(C)ccc3cccc1c23. The van der Waals surface area contributed by atoms with E-state index in [-0.39, 0.29) is 0 Å². The summed E-state index contributed by atoms with van der Waals surface area (Å²) in [5.74, 6) is 0.967. The van der Waals surface area contributed by atoms with Crippen LogP contribution in [-0.2, 0) is 0 Å². The number of rotatable bonds is 1. The maximum absolute atomic E-state index is 4.69. The van der Waals surface area contributed by atoms with Crippen LogP contribution in [0.15, 0.2) is 48.1 Å². The minimum atomic E-state index is 0.967. The predicted octanol–water partition coefficient (Wildman–Crippen LogP) is 4.16. The van der Waals surface area contributed by atoms with Crippen LogP contribution in [0, 0.1) is 6.92 Å². The Kier molecular flexibility index (Phi) is 2.05. The van der Waals surface area contributed by atoms with Crippen LogP contribution < -0.4 is 4.90 Å². The maximum Gasteiger partial charge on any atom is 0.110 e. The lowest BCUT2D eigenvalue weighted by atomic mass is 10.0. The van der Waals surface area contributed by atoms with Gasteiger partial charge in [0.15, 0.2) is 0 Å². The highest BCUT2D eigenvalue weighted by Crippen LogP contribution is 2.40. The summed E-state index contributed by atoms with van der Waals surface area (Å²) in [6.07, 6.45) is 1.82. The summed E-state index contributed by atoms with van der Waals surface area (Å²) in [5.41, 5.74) is 3.48. The van der Waals surface area contributed by atoms with Crippen LogP contribution in [0.2, 0.25) is 0 Å². The van der Waals surface area contributed by atoms with Crippen molar-refractivity contribution in [2.75, 3.05) is 4.90 Å². The second-order valence-electron chi connectivity index (χ2n) is 4.32. The Balaban J connectivity index is 2.50. The Hall–Kier alpha value is -2.09. The van der Waals surface area contributed by atoms with E-state index in [0.29, 0.717) is 0 Å². The highest BCUT2D eigenvalue weighted by molar-refractivity contribution is 6.15. The van der Waals surface area contributed by atoms with E-state index >= 15 is 0 Å². The number of aryl methyl sites for hydroxylation is 1. The third-order valence-electron chi connectivity index (χ3n) is 3.26. The number of amidine groups is 1. The van der Waals surface area contributed by atoms with Crippen molar-refractivity contribution in [2.45, 2.75) is 13.8 Å². The summed E-state index contributed by atoms with van der Waals surface area (Å²) in [4.78, 5) is 6.72. The fraction of sp³-hybridized carbons (Fsp3) is 0.133. The fourth-order valence-electron chi connectivity index (χ4n) is 2.41. The molecule has 0 saturated carbocycles. The summed E-state index contributed by atoms with van der Waals surface area (Å²) in [6.45, 7) is 7.98. The summed E-state index contributed by atoms with van der Waals surface area (Å²) in [6, 6.07) is 10.6. The molecule has 84 valence electrons. The van der Waals surface area contributed by atoms with E-state index in [4.69, 9.17) is 0 Å². The van der Waals surface area contributed by atoms with E-state index in [1.807, 2.05) is 18.0 Å². The van der Waals surface area contributed by atoms with Gasteiger partial charge in [0, 0.05) is 11.6 Å². The molecule has 1 aliphatic heterocycles. The highest BCUT2D eigenvalue weighted by Gasteiger charge is 2.18. The van der Waals surface area contributed by atoms with Crippen LogP contribution in [0.25, 0.3) is 10.8 Å². The van der Waals surface area contributed by atoms with Crippen molar-refractivity contribution in [2.24, 2.45) is 4.99 Å². The second-order valence-corrected chi connectivity index (χ2v) is 4.32. The predicted molar refractivity (Wildman–Crippen MR) is 74.1 cm³/mol. The Morgan fingerprint density at radius 2 is 2.00 bits per heavy atom. The molecule has 3 rings (SSSR count). The van der Waals surface area contributed by atoms with Gasteiger partial charge in [-0.25, -0.2) is 4.99 Å². The zero-order chi connectivity index (χ0) is 12.0. The van der Waals surface area contributed by atoms with Gasteiger partial charge in [0.2, 0.25) is 0 Å². The van der Waals surface area contributed by atoms with Gasteiger partial charge in [0.1, 0.15) is 5.84 Å². The number of benzene rings is 2. The molecule has 2 aromatic carbocycles. The number of aliphatic imine (C=N–C) groups is 1. The van der Waals surface area contributed by atoms with E-state index in [1.165, 1.54) is 22.0 Å². The molecule has 0 fully saturated rings. The molecule has 0 unspecified atom stereocenters. The topological polar surface area (TPSA) is 15.6 Å². The van der Waals surface area contributed by atoms with Gasteiger partial charge in [-0.15, -0.1) is 0 Å². The molecule has 1 heterocycles. The van der Waals surface area contributed by atoms with Gasteiger partial charge in [0.25, 0.3) is 0 Å². The smallest absolute Gasteiger partial charge is 0.110 e. The molecule has 1 aliphatic rings. The van der Waals surface area contributed by atoms with Crippen LogP contribution in [0.5, 0.6) is 0 Å². The van der Waals surface area contributed by atoms with E-state index in [1.54, 1.807) is 0 Å². The molecular formula is C15H14N2. The Labute approximate surface area is 101 Å². The third-order valence-corrected chi connectivity index (χ3v) is 3.26. The van der Waals surface area contributed by atoms with Crippen LogP contribution >= 0.6 is 0 Å². The molecule has 0 aliphatic carbocycles. The molecule has 0 amide bonds. The van der Waals surface area contributed by atoms with Crippen molar-refractivity contribution in [3.05, 3.63) is 48.7 Å². The van der Waals surface area contributed by atoms with Crippen molar-refractivity contribution in [3.63, 3.8) is 0 Å². The van der Waals surface area contributed by atoms with Gasteiger partial charge < -0.3 is 4.90 Å². The van der Waals surface area contributed by atoms with E-state index in [9.17, 15) is 0 Å². The second kappa shape index (κ2) is 3.45. The summed E-state index contributed by atoms with van der Waals surface area (Å²) < 4.78 is 0. The van der Waals surface area contributed by atoms with Crippen molar-refractivity contribution in [3.8, 4) is 0 Å². The number of nitrogens with zero attached hydrogens (tertiary/aromatic N) is 2. The molecule has 0 radical (unpaired) electrons. The molecule has 0 atom stereocenters. The van der Waals surface area contributed by atoms with E-state index in [0.717, 1.165) is 11.5 Å². The first kappa shape index (κ1) is 10.1. The molecule has 2 nitrogen and oxygen atoms in total. The quantitative estimate of drug-likeness (QED) is 0.707.